The molecule has 0 aliphatic carbocycles. The highest BCUT2D eigenvalue weighted by atomic mass is 16.3. The number of fused-ring (bicyclic) bond motifs is 3. The van der Waals surface area contributed by atoms with Crippen LogP contribution < -0.4 is 81.4 Å². The summed E-state index contributed by atoms with van der Waals surface area (Å²) in [7, 11) is 0. The normalized spacial score (nSPS) is 14.4. The summed E-state index contributed by atoms with van der Waals surface area (Å²) < 4.78 is 0. The quantitative estimate of drug-likeness (QED) is 0.0244. The van der Waals surface area contributed by atoms with Crippen molar-refractivity contribution in [2.24, 2.45) is 22.9 Å². The number of aliphatic hydroxyl groups is 1. The van der Waals surface area contributed by atoms with Gasteiger partial charge in [0.25, 0.3) is 0 Å². The van der Waals surface area contributed by atoms with Crippen LogP contribution in [0.3, 0.4) is 0 Å². The molecule has 4 aromatic heterocycles. The number of amides is 12. The van der Waals surface area contributed by atoms with Gasteiger partial charge in [0.15, 0.2) is 0 Å². The fourth-order valence-electron chi connectivity index (χ4n) is 15.2. The summed E-state index contributed by atoms with van der Waals surface area (Å²) in [4.78, 5) is 194. The van der Waals surface area contributed by atoms with Crippen molar-refractivity contribution in [2.45, 2.75) is 182 Å². The molecule has 0 unspecified atom stereocenters. The molecule has 7 aromatic carbocycles. The largest absolute Gasteiger partial charge is 0.391 e. The third-order valence-electron chi connectivity index (χ3n) is 22.2. The van der Waals surface area contributed by atoms with Gasteiger partial charge in [0.1, 0.15) is 66.5 Å². The lowest BCUT2D eigenvalue weighted by Gasteiger charge is -2.29. The van der Waals surface area contributed by atoms with Crippen LogP contribution in [0.15, 0.2) is 225 Å². The molecule has 666 valence electrons. The zero-order chi connectivity index (χ0) is 90.3. The van der Waals surface area contributed by atoms with Gasteiger partial charge in [0.2, 0.25) is 70.9 Å². The number of aromatic amines is 4. The van der Waals surface area contributed by atoms with Crippen molar-refractivity contribution in [1.82, 2.24) is 83.4 Å². The van der Waals surface area contributed by atoms with E-state index in [1.54, 1.807) is 146 Å². The van der Waals surface area contributed by atoms with Crippen molar-refractivity contribution >= 4 is 104 Å². The Morgan fingerprint density at radius 2 is 0.630 bits per heavy atom. The number of aromatic nitrogens is 5. The van der Waals surface area contributed by atoms with Gasteiger partial charge in [-0.15, -0.1) is 0 Å². The van der Waals surface area contributed by atoms with E-state index in [0.29, 0.717) is 68.4 Å². The van der Waals surface area contributed by atoms with Crippen LogP contribution in [0, 0.1) is 0 Å². The van der Waals surface area contributed by atoms with Crippen LogP contribution in [0.5, 0.6) is 0 Å². The Balaban J connectivity index is 0.844. The van der Waals surface area contributed by atoms with Crippen LogP contribution >= 0.6 is 0 Å². The van der Waals surface area contributed by atoms with Gasteiger partial charge in [-0.1, -0.05) is 176 Å². The van der Waals surface area contributed by atoms with Crippen molar-refractivity contribution < 1.29 is 62.6 Å². The second kappa shape index (κ2) is 46.5. The molecule has 0 saturated carbocycles. The number of hydrogen-bond donors (Lipinski definition) is 20. The number of primary amides is 1. The highest BCUT2D eigenvalue weighted by Crippen LogP contribution is 2.24. The molecule has 0 spiro atoms. The zero-order valence-corrected chi connectivity index (χ0v) is 70.8. The van der Waals surface area contributed by atoms with E-state index in [-0.39, 0.29) is 90.1 Å². The van der Waals surface area contributed by atoms with Gasteiger partial charge in [-0.25, -0.2) is 4.98 Å². The first-order valence-electron chi connectivity index (χ1n) is 42.6. The van der Waals surface area contributed by atoms with E-state index in [2.05, 4.69) is 83.4 Å². The summed E-state index contributed by atoms with van der Waals surface area (Å²) >= 11 is 0. The van der Waals surface area contributed by atoms with Gasteiger partial charge in [-0.3, -0.25) is 57.5 Å². The Labute approximate surface area is 734 Å². The molecule has 4 heterocycles. The van der Waals surface area contributed by atoms with E-state index < -0.39 is 149 Å². The molecule has 11 rings (SSSR count). The Hall–Kier alpha value is -14.2. The van der Waals surface area contributed by atoms with Crippen LogP contribution in [-0.2, 0) is 109 Å². The molecule has 0 radical (unpaired) electrons. The number of nitrogens with one attached hydrogen (secondary N) is 15. The van der Waals surface area contributed by atoms with Gasteiger partial charge in [0.05, 0.1) is 18.5 Å². The molecule has 33 heteroatoms. The highest BCUT2D eigenvalue weighted by Gasteiger charge is 2.39. The first kappa shape index (κ1) is 93.5. The fourth-order valence-corrected chi connectivity index (χ4v) is 15.2. The Kier molecular flexibility index (Phi) is 34.3. The number of unbranched alkanes of at least 4 members (excludes halogenated alkanes) is 2. The Bertz CT molecular complexity index is 5520. The lowest BCUT2D eigenvalue weighted by atomic mass is 9.99. The van der Waals surface area contributed by atoms with E-state index in [1.807, 2.05) is 66.7 Å². The van der Waals surface area contributed by atoms with E-state index in [4.69, 9.17) is 22.9 Å². The van der Waals surface area contributed by atoms with Crippen LogP contribution in [0.4, 0.5) is 0 Å². The molecule has 13 atom stereocenters. The van der Waals surface area contributed by atoms with E-state index >= 15 is 28.8 Å². The Morgan fingerprint density at radius 1 is 0.331 bits per heavy atom. The summed E-state index contributed by atoms with van der Waals surface area (Å²) in [6.07, 6.45) is 7.06. The molecule has 12 amide bonds. The minimum absolute atomic E-state index is 0.00222. The zero-order valence-electron chi connectivity index (χ0n) is 70.8. The number of hydrogen-bond acceptors (Lipinski definition) is 17. The molecule has 0 fully saturated rings. The van der Waals surface area contributed by atoms with Crippen molar-refractivity contribution in [2.75, 3.05) is 13.1 Å². The topological polar surface area (TPSA) is 538 Å². The third-order valence-corrected chi connectivity index (χ3v) is 22.2. The summed E-state index contributed by atoms with van der Waals surface area (Å²) in [5.41, 5.74) is 31.2. The average molecular weight is 1730 g/mol. The monoisotopic (exact) mass is 1730 g/mol. The molecule has 0 aliphatic rings. The minimum Gasteiger partial charge on any atom is -0.391 e. The molecule has 127 heavy (non-hydrogen) atoms. The van der Waals surface area contributed by atoms with E-state index in [1.165, 1.54) is 26.4 Å². The first-order valence-corrected chi connectivity index (χ1v) is 42.6. The molecule has 11 aromatic rings. The van der Waals surface area contributed by atoms with Crippen LogP contribution in [0.1, 0.15) is 97.0 Å². The second-order valence-electron chi connectivity index (χ2n) is 31.8. The Morgan fingerprint density at radius 3 is 0.976 bits per heavy atom. The van der Waals surface area contributed by atoms with Gasteiger partial charge >= 0.3 is 0 Å². The van der Waals surface area contributed by atoms with Crippen molar-refractivity contribution in [1.29, 1.82) is 0 Å². The van der Waals surface area contributed by atoms with Gasteiger partial charge in [-0.2, -0.15) is 0 Å². The van der Waals surface area contributed by atoms with Gasteiger partial charge < -0.3 is 106 Å². The third kappa shape index (κ3) is 27.2. The highest BCUT2D eigenvalue weighted by molar-refractivity contribution is 6.01. The molecule has 0 aliphatic heterocycles. The SMILES string of the molecule is C[C@H](NC(=O)[C@@H](Cc1c[nH]c2ccccc12)NC(=O)[C@@H](N)Cc1cnc[nH]1)C(=O)N[C@@H](Cc1c[nH]c2ccccc12)C(=O)N[C@H](Cc1ccccc1)C(=O)N[C@@H](CCCCN)C(=O)N[C@@H](Cc1ccccc1)C(=O)N[C@@H](Cc1ccccc1)C(=O)N[C@@H](Cc1c[nH]c2ccccc12)C(=O)N[C@@H](CCCCN)C(=O)N[C@H](C(=O)N[C@@H](Cc1ccccc1)C(N)=O)[C@@H](C)O. The number of rotatable bonds is 48. The number of para-hydroxylation sites is 3. The molecule has 24 N–H and O–H groups in total. The van der Waals surface area contributed by atoms with Crippen molar-refractivity contribution in [3.05, 3.63) is 270 Å². The summed E-state index contributed by atoms with van der Waals surface area (Å²) in [5, 5.41) is 44.0. The number of carbonyl (C=O) groups excluding carboxylic acids is 12. The number of imidazole rings is 1. The summed E-state index contributed by atoms with van der Waals surface area (Å²) in [6, 6.07) is 40.0. The van der Waals surface area contributed by atoms with E-state index in [0.717, 1.165) is 21.8 Å². The van der Waals surface area contributed by atoms with Crippen molar-refractivity contribution in [3.8, 4) is 0 Å². The molecular weight excluding hydrogens is 1620 g/mol. The average Bonchev–Trinajstić information content (AvgIpc) is 1.71. The summed E-state index contributed by atoms with van der Waals surface area (Å²) in [6.45, 7) is 3.10. The van der Waals surface area contributed by atoms with Gasteiger partial charge in [0, 0.05) is 115 Å². The maximum atomic E-state index is 15.6. The number of nitrogens with zero attached hydrogens (tertiary/aromatic N) is 1. The number of aliphatic hydroxyl groups excluding tert-OH is 1. The number of H-pyrrole nitrogens is 4. The predicted molar refractivity (Wildman–Crippen MR) is 480 cm³/mol. The van der Waals surface area contributed by atoms with E-state index in [9.17, 15) is 33.9 Å². The first-order chi connectivity index (χ1) is 61.4. The molecule has 0 bridgehead atoms. The van der Waals surface area contributed by atoms with Crippen LogP contribution in [-0.4, -0.2) is 193 Å². The molecular formula is C94H112N20O13. The standard InChI is InChI=1S/C94H112N20O13/c1-56(104-88(121)79(47-62-51-100-70-36-18-15-33-66(62)70)109-85(118)69(97)50-65-54-99-55-103-65)84(117)108-80(48-63-52-101-71-37-19-16-34-67(63)71)93(126)112-76(44-59-27-9-4-10-28-59)89(122)105-73(39-21-23-41-95)86(119)110-77(45-60-29-11-5-12-30-60)90(123)111-78(46-61-31-13-6-14-32-61)91(124)113-81(49-64-53-102-72-38-20-17-35-68(64)72)92(125)106-74(40-22-24-42-96)87(120)114-82(57(2)115)94(127)107-75(83(98)116)43-58-25-7-3-8-26-58/h3-20,25-38,51-57,69,73-82,100-102,115H,21-24,39-50,95-97H2,1-2H3,(H2,98,116)(H,99,103)(H,104,121)(H,105,122)(H,106,125)(H,107,127)(H,108,117)(H,109,118)(H,110,119)(H,111,123)(H,112,126)(H,113,124)(H,114,120)/t56-,57+,69-,73-,74-,75-,76+,77-,78-,79+,80-,81-,82-/m0/s1. The molecule has 0 saturated heterocycles. The minimum atomic E-state index is -1.66. The maximum Gasteiger partial charge on any atom is 0.245 e. The number of nitrogens with two attached hydrogens (primary N) is 4. The van der Waals surface area contributed by atoms with Gasteiger partial charge in [-0.05, 0) is 123 Å². The smallest absolute Gasteiger partial charge is 0.245 e. The van der Waals surface area contributed by atoms with Crippen LogP contribution in [0.2, 0.25) is 0 Å². The summed E-state index contributed by atoms with van der Waals surface area (Å²) in [5.74, 6) is -10.0. The lowest BCUT2D eigenvalue weighted by Crippen LogP contribution is -2.62. The predicted octanol–water partition coefficient (Wildman–Crippen LogP) is 2.90. The molecule has 33 nitrogen and oxygen atoms in total. The van der Waals surface area contributed by atoms with Crippen LogP contribution in [0.25, 0.3) is 32.7 Å². The number of carbonyl (C=O) groups is 12. The maximum absolute atomic E-state index is 15.6. The fraction of sp³-hybridized carbons (Fsp3) is 0.330. The number of benzene rings is 7. The lowest BCUT2D eigenvalue weighted by molar-refractivity contribution is -0.136. The van der Waals surface area contributed by atoms with Crippen molar-refractivity contribution in [3.63, 3.8) is 0 Å². The second-order valence-corrected chi connectivity index (χ2v) is 31.8.